The minimum Gasteiger partial charge on any atom is -0.382 e. The van der Waals surface area contributed by atoms with E-state index in [2.05, 4.69) is 47.3 Å². The van der Waals surface area contributed by atoms with Gasteiger partial charge in [-0.05, 0) is 24.6 Å². The SMILES string of the molecule is CCNCc1cn(CCCOCCOC)c2ccccc12. The van der Waals surface area contributed by atoms with Crippen molar-refractivity contribution >= 4 is 10.9 Å². The van der Waals surface area contributed by atoms with E-state index >= 15 is 0 Å². The van der Waals surface area contributed by atoms with E-state index in [9.17, 15) is 0 Å². The average Bonchev–Trinajstić information content (AvgIpc) is 2.87. The third kappa shape index (κ3) is 4.56. The second-order valence-corrected chi connectivity index (χ2v) is 5.10. The molecule has 4 heteroatoms. The van der Waals surface area contributed by atoms with Crippen LogP contribution < -0.4 is 5.32 Å². The van der Waals surface area contributed by atoms with E-state index in [4.69, 9.17) is 9.47 Å². The Morgan fingerprint density at radius 3 is 2.81 bits per heavy atom. The maximum Gasteiger partial charge on any atom is 0.0700 e. The number of benzene rings is 1. The number of ether oxygens (including phenoxy) is 2. The predicted molar refractivity (Wildman–Crippen MR) is 86.6 cm³/mol. The molecule has 0 saturated carbocycles. The van der Waals surface area contributed by atoms with Crippen LogP contribution in [0.25, 0.3) is 10.9 Å². The fraction of sp³-hybridized carbons (Fsp3) is 0.529. The van der Waals surface area contributed by atoms with Crippen LogP contribution in [0, 0.1) is 0 Å². The third-order valence-corrected chi connectivity index (χ3v) is 3.56. The number of hydrogen-bond acceptors (Lipinski definition) is 3. The molecule has 4 nitrogen and oxygen atoms in total. The van der Waals surface area contributed by atoms with Gasteiger partial charge in [0.15, 0.2) is 0 Å². The van der Waals surface area contributed by atoms with Gasteiger partial charge in [0, 0.05) is 43.9 Å². The molecule has 0 unspecified atom stereocenters. The number of rotatable bonds is 10. The van der Waals surface area contributed by atoms with Crippen LogP contribution in [0.1, 0.15) is 18.9 Å². The van der Waals surface area contributed by atoms with Gasteiger partial charge in [0.2, 0.25) is 0 Å². The minimum absolute atomic E-state index is 0.666. The largest absolute Gasteiger partial charge is 0.382 e. The van der Waals surface area contributed by atoms with Crippen LogP contribution in [0.4, 0.5) is 0 Å². The summed E-state index contributed by atoms with van der Waals surface area (Å²) in [4.78, 5) is 0. The number of nitrogens with zero attached hydrogens (tertiary/aromatic N) is 1. The molecule has 0 bridgehead atoms. The second-order valence-electron chi connectivity index (χ2n) is 5.10. The molecule has 0 atom stereocenters. The van der Waals surface area contributed by atoms with E-state index in [1.807, 2.05) is 0 Å². The Labute approximate surface area is 127 Å². The molecule has 0 aliphatic heterocycles. The van der Waals surface area contributed by atoms with Crippen molar-refractivity contribution in [2.75, 3.05) is 33.5 Å². The topological polar surface area (TPSA) is 35.4 Å². The number of para-hydroxylation sites is 1. The highest BCUT2D eigenvalue weighted by atomic mass is 16.5. The predicted octanol–water partition coefficient (Wildman–Crippen LogP) is 2.80. The third-order valence-electron chi connectivity index (χ3n) is 3.56. The van der Waals surface area contributed by atoms with Gasteiger partial charge in [0.25, 0.3) is 0 Å². The Hall–Kier alpha value is -1.36. The molecule has 21 heavy (non-hydrogen) atoms. The lowest BCUT2D eigenvalue weighted by Crippen LogP contribution is -2.11. The first kappa shape index (κ1) is 16.0. The van der Waals surface area contributed by atoms with Crippen LogP contribution >= 0.6 is 0 Å². The first-order valence-electron chi connectivity index (χ1n) is 7.71. The molecule has 0 fully saturated rings. The van der Waals surface area contributed by atoms with Crippen molar-refractivity contribution in [2.45, 2.75) is 26.4 Å². The van der Waals surface area contributed by atoms with Crippen molar-refractivity contribution < 1.29 is 9.47 Å². The fourth-order valence-corrected chi connectivity index (χ4v) is 2.49. The number of methoxy groups -OCH3 is 1. The van der Waals surface area contributed by atoms with Gasteiger partial charge in [-0.1, -0.05) is 25.1 Å². The summed E-state index contributed by atoms with van der Waals surface area (Å²) in [6.07, 6.45) is 3.28. The average molecular weight is 290 g/mol. The van der Waals surface area contributed by atoms with Crippen LogP contribution in [-0.4, -0.2) is 38.0 Å². The maximum absolute atomic E-state index is 5.53. The summed E-state index contributed by atoms with van der Waals surface area (Å²) in [5.74, 6) is 0. The zero-order valence-electron chi connectivity index (χ0n) is 13.1. The highest BCUT2D eigenvalue weighted by Crippen LogP contribution is 2.21. The van der Waals surface area contributed by atoms with Crippen molar-refractivity contribution in [2.24, 2.45) is 0 Å². The number of nitrogens with one attached hydrogen (secondary N) is 1. The van der Waals surface area contributed by atoms with Crippen LogP contribution in [0.3, 0.4) is 0 Å². The number of aromatic nitrogens is 1. The normalized spacial score (nSPS) is 11.3. The first-order chi connectivity index (χ1) is 10.4. The molecular formula is C17H26N2O2. The molecule has 1 aromatic carbocycles. The summed E-state index contributed by atoms with van der Waals surface area (Å²) < 4.78 is 12.8. The highest BCUT2D eigenvalue weighted by Gasteiger charge is 2.07. The molecule has 2 rings (SSSR count). The van der Waals surface area contributed by atoms with Crippen molar-refractivity contribution in [1.29, 1.82) is 0 Å². The van der Waals surface area contributed by atoms with E-state index in [0.29, 0.717) is 13.2 Å². The van der Waals surface area contributed by atoms with E-state index in [-0.39, 0.29) is 0 Å². The molecule has 0 amide bonds. The van der Waals surface area contributed by atoms with E-state index in [0.717, 1.165) is 32.7 Å². The summed E-state index contributed by atoms with van der Waals surface area (Å²) >= 11 is 0. The Morgan fingerprint density at radius 2 is 2.00 bits per heavy atom. The molecule has 0 saturated heterocycles. The van der Waals surface area contributed by atoms with E-state index < -0.39 is 0 Å². The lowest BCUT2D eigenvalue weighted by molar-refractivity contribution is 0.0681. The van der Waals surface area contributed by atoms with Crippen LogP contribution in [0.5, 0.6) is 0 Å². The zero-order valence-corrected chi connectivity index (χ0v) is 13.1. The van der Waals surface area contributed by atoms with Crippen molar-refractivity contribution in [1.82, 2.24) is 9.88 Å². The van der Waals surface area contributed by atoms with Gasteiger partial charge >= 0.3 is 0 Å². The first-order valence-corrected chi connectivity index (χ1v) is 7.71. The molecule has 0 spiro atoms. The molecule has 2 aromatic rings. The van der Waals surface area contributed by atoms with Gasteiger partial charge in [-0.15, -0.1) is 0 Å². The van der Waals surface area contributed by atoms with Crippen molar-refractivity contribution in [3.8, 4) is 0 Å². The Balaban J connectivity index is 1.95. The van der Waals surface area contributed by atoms with E-state index in [1.165, 1.54) is 16.5 Å². The zero-order chi connectivity index (χ0) is 14.9. The molecule has 116 valence electrons. The quantitative estimate of drug-likeness (QED) is 0.683. The standard InChI is InChI=1S/C17H26N2O2/c1-3-18-13-15-14-19(9-6-10-21-12-11-20-2)17-8-5-4-7-16(15)17/h4-5,7-8,14,18H,3,6,9-13H2,1-2H3. The van der Waals surface area contributed by atoms with Crippen molar-refractivity contribution in [3.63, 3.8) is 0 Å². The van der Waals surface area contributed by atoms with Gasteiger partial charge in [-0.3, -0.25) is 0 Å². The highest BCUT2D eigenvalue weighted by molar-refractivity contribution is 5.83. The Morgan fingerprint density at radius 1 is 1.14 bits per heavy atom. The van der Waals surface area contributed by atoms with Crippen LogP contribution in [0.15, 0.2) is 30.5 Å². The Kier molecular flexibility index (Phi) is 6.73. The lowest BCUT2D eigenvalue weighted by atomic mass is 10.2. The number of hydrogen-bond donors (Lipinski definition) is 1. The molecular weight excluding hydrogens is 264 g/mol. The molecule has 0 radical (unpaired) electrons. The van der Waals surface area contributed by atoms with Gasteiger partial charge < -0.3 is 19.4 Å². The monoisotopic (exact) mass is 290 g/mol. The van der Waals surface area contributed by atoms with E-state index in [1.54, 1.807) is 7.11 Å². The fourth-order valence-electron chi connectivity index (χ4n) is 2.49. The number of aryl methyl sites for hydroxylation is 1. The molecule has 0 aliphatic carbocycles. The molecule has 0 aliphatic rings. The van der Waals surface area contributed by atoms with Crippen LogP contribution in [0.2, 0.25) is 0 Å². The summed E-state index contributed by atoms with van der Waals surface area (Å²) in [6, 6.07) is 8.60. The summed E-state index contributed by atoms with van der Waals surface area (Å²) in [7, 11) is 1.70. The number of fused-ring (bicyclic) bond motifs is 1. The second kappa shape index (κ2) is 8.82. The van der Waals surface area contributed by atoms with Gasteiger partial charge in [-0.2, -0.15) is 0 Å². The van der Waals surface area contributed by atoms with Gasteiger partial charge in [-0.25, -0.2) is 0 Å². The van der Waals surface area contributed by atoms with Gasteiger partial charge in [0.05, 0.1) is 13.2 Å². The lowest BCUT2D eigenvalue weighted by Gasteiger charge is -2.06. The molecule has 1 heterocycles. The smallest absolute Gasteiger partial charge is 0.0700 e. The molecule has 1 N–H and O–H groups in total. The summed E-state index contributed by atoms with van der Waals surface area (Å²) in [5, 5.41) is 4.75. The van der Waals surface area contributed by atoms with Crippen LogP contribution in [-0.2, 0) is 22.6 Å². The summed E-state index contributed by atoms with van der Waals surface area (Å²) in [6.45, 7) is 7.16. The minimum atomic E-state index is 0.666. The van der Waals surface area contributed by atoms with Gasteiger partial charge in [0.1, 0.15) is 0 Å². The van der Waals surface area contributed by atoms with Crippen molar-refractivity contribution in [3.05, 3.63) is 36.0 Å². The molecule has 1 aromatic heterocycles. The summed E-state index contributed by atoms with van der Waals surface area (Å²) in [5.41, 5.74) is 2.68. The Bertz CT molecular complexity index is 537. The maximum atomic E-state index is 5.53.